The Balaban J connectivity index is 1.83. The van der Waals surface area contributed by atoms with Crippen molar-refractivity contribution in [2.75, 3.05) is 6.61 Å². The maximum absolute atomic E-state index is 12.0. The normalized spacial score (nSPS) is 10.4. The van der Waals surface area contributed by atoms with Gasteiger partial charge in [-0.3, -0.25) is 9.59 Å². The van der Waals surface area contributed by atoms with Crippen LogP contribution in [0.5, 0.6) is 11.5 Å². The number of carbonyl (C=O) groups excluding carboxylic acids is 2. The molecule has 0 aliphatic heterocycles. The van der Waals surface area contributed by atoms with E-state index in [0.717, 1.165) is 16.9 Å². The molecule has 0 spiro atoms. The van der Waals surface area contributed by atoms with E-state index in [0.29, 0.717) is 12.4 Å². The molecule has 2 rings (SSSR count). The summed E-state index contributed by atoms with van der Waals surface area (Å²) in [6.07, 6.45) is 0.0271. The van der Waals surface area contributed by atoms with Crippen molar-refractivity contribution in [3.8, 4) is 11.5 Å². The number of rotatable bonds is 8. The van der Waals surface area contributed by atoms with Gasteiger partial charge in [0.05, 0.1) is 12.7 Å². The van der Waals surface area contributed by atoms with Crippen LogP contribution in [0.4, 0.5) is 0 Å². The summed E-state index contributed by atoms with van der Waals surface area (Å²) in [5.74, 6) is 0.113. The molecule has 2 N–H and O–H groups in total. The number of amides is 2. The Morgan fingerprint density at radius 1 is 0.926 bits per heavy atom. The Bertz CT molecular complexity index is 757. The van der Waals surface area contributed by atoms with Crippen LogP contribution in [-0.2, 0) is 22.7 Å². The molecule has 2 amide bonds. The highest BCUT2D eigenvalue weighted by atomic mass is 16.5. The molecule has 2 aromatic rings. The van der Waals surface area contributed by atoms with Crippen LogP contribution in [0.2, 0.25) is 0 Å². The molecule has 0 atom stereocenters. The fourth-order valence-electron chi connectivity index (χ4n) is 2.41. The summed E-state index contributed by atoms with van der Waals surface area (Å²) in [6, 6.07) is 14.8. The molecule has 0 aromatic heterocycles. The van der Waals surface area contributed by atoms with E-state index in [4.69, 9.17) is 9.47 Å². The zero-order valence-electron chi connectivity index (χ0n) is 16.0. The van der Waals surface area contributed by atoms with Gasteiger partial charge in [-0.05, 0) is 44.5 Å². The van der Waals surface area contributed by atoms with E-state index in [9.17, 15) is 9.59 Å². The van der Waals surface area contributed by atoms with E-state index >= 15 is 0 Å². The maximum atomic E-state index is 12.0. The predicted octanol–water partition coefficient (Wildman–Crippen LogP) is 2.81. The van der Waals surface area contributed by atoms with Crippen molar-refractivity contribution in [1.82, 2.24) is 10.6 Å². The monoisotopic (exact) mass is 370 g/mol. The highest BCUT2D eigenvalue weighted by Crippen LogP contribution is 2.19. The molecule has 0 aliphatic rings. The smallest absolute Gasteiger partial charge is 0.309 e. The minimum atomic E-state index is -0.680. The average Bonchev–Trinajstić information content (AvgIpc) is 2.66. The number of benzene rings is 2. The number of carbonyl (C=O) groups is 2. The molecule has 0 heterocycles. The molecular formula is C21H26N2O4. The number of ether oxygens (including phenoxy) is 2. The molecule has 6 nitrogen and oxygen atoms in total. The van der Waals surface area contributed by atoms with Gasteiger partial charge in [-0.25, -0.2) is 0 Å². The van der Waals surface area contributed by atoms with Crippen molar-refractivity contribution in [1.29, 1.82) is 0 Å². The molecular weight excluding hydrogens is 344 g/mol. The van der Waals surface area contributed by atoms with E-state index in [1.54, 1.807) is 0 Å². The van der Waals surface area contributed by atoms with E-state index in [2.05, 4.69) is 10.6 Å². The summed E-state index contributed by atoms with van der Waals surface area (Å²) in [4.78, 5) is 24.0. The van der Waals surface area contributed by atoms with Gasteiger partial charge in [-0.1, -0.05) is 30.3 Å². The van der Waals surface area contributed by atoms with Crippen molar-refractivity contribution in [2.24, 2.45) is 0 Å². The fourth-order valence-corrected chi connectivity index (χ4v) is 2.41. The number of hydrogen-bond acceptors (Lipinski definition) is 4. The third-order valence-corrected chi connectivity index (χ3v) is 3.67. The van der Waals surface area contributed by atoms with Crippen LogP contribution in [0, 0.1) is 0 Å². The third kappa shape index (κ3) is 6.66. The lowest BCUT2D eigenvalue weighted by Crippen LogP contribution is -2.39. The second kappa shape index (κ2) is 10.2. The van der Waals surface area contributed by atoms with Crippen molar-refractivity contribution >= 4 is 11.8 Å². The highest BCUT2D eigenvalue weighted by molar-refractivity contribution is 6.35. The van der Waals surface area contributed by atoms with Crippen LogP contribution in [0.3, 0.4) is 0 Å². The standard InChI is InChI=1S/C21H26N2O4/c1-4-26-18-11-9-16(10-12-18)13-22-20(24)21(25)23-14-17-7-5-6-8-19(17)27-15(2)3/h5-12,15H,4,13-14H2,1-3H3,(H,22,24)(H,23,25). The fraction of sp³-hybridized carbons (Fsp3) is 0.333. The second-order valence-corrected chi connectivity index (χ2v) is 6.22. The first-order valence-corrected chi connectivity index (χ1v) is 9.02. The van der Waals surface area contributed by atoms with Gasteiger partial charge in [0.25, 0.3) is 0 Å². The zero-order chi connectivity index (χ0) is 19.6. The summed E-state index contributed by atoms with van der Waals surface area (Å²) in [7, 11) is 0. The lowest BCUT2D eigenvalue weighted by atomic mass is 10.2. The largest absolute Gasteiger partial charge is 0.494 e. The molecule has 0 radical (unpaired) electrons. The van der Waals surface area contributed by atoms with E-state index in [1.165, 1.54) is 0 Å². The van der Waals surface area contributed by atoms with Gasteiger partial charge in [0.2, 0.25) is 0 Å². The summed E-state index contributed by atoms with van der Waals surface area (Å²) in [5.41, 5.74) is 1.70. The van der Waals surface area contributed by atoms with Crippen molar-refractivity contribution < 1.29 is 19.1 Å². The van der Waals surface area contributed by atoms with E-state index in [-0.39, 0.29) is 19.2 Å². The lowest BCUT2D eigenvalue weighted by molar-refractivity contribution is -0.139. The summed E-state index contributed by atoms with van der Waals surface area (Å²) in [5, 5.41) is 5.23. The van der Waals surface area contributed by atoms with Crippen LogP contribution in [-0.4, -0.2) is 24.5 Å². The van der Waals surface area contributed by atoms with Crippen molar-refractivity contribution in [2.45, 2.75) is 40.0 Å². The van der Waals surface area contributed by atoms with Gasteiger partial charge >= 0.3 is 11.8 Å². The number of hydrogen-bond donors (Lipinski definition) is 2. The first-order valence-electron chi connectivity index (χ1n) is 9.02. The van der Waals surface area contributed by atoms with Crippen LogP contribution in [0.15, 0.2) is 48.5 Å². The van der Waals surface area contributed by atoms with Crippen LogP contribution >= 0.6 is 0 Å². The van der Waals surface area contributed by atoms with Gasteiger partial charge in [0.15, 0.2) is 0 Å². The topological polar surface area (TPSA) is 76.7 Å². The molecule has 2 aromatic carbocycles. The SMILES string of the molecule is CCOc1ccc(CNC(=O)C(=O)NCc2ccccc2OC(C)C)cc1. The average molecular weight is 370 g/mol. The minimum Gasteiger partial charge on any atom is -0.494 e. The molecule has 0 saturated heterocycles. The molecule has 0 bridgehead atoms. The Morgan fingerprint density at radius 2 is 1.56 bits per heavy atom. The minimum absolute atomic E-state index is 0.0271. The first-order chi connectivity index (χ1) is 13.0. The number of para-hydroxylation sites is 1. The first kappa shape index (κ1) is 20.3. The van der Waals surface area contributed by atoms with Crippen molar-refractivity contribution in [3.63, 3.8) is 0 Å². The van der Waals surface area contributed by atoms with Crippen LogP contribution in [0.1, 0.15) is 31.9 Å². The van der Waals surface area contributed by atoms with Crippen LogP contribution in [0.25, 0.3) is 0 Å². The molecule has 0 unspecified atom stereocenters. The Morgan fingerprint density at radius 3 is 2.19 bits per heavy atom. The van der Waals surface area contributed by atoms with Gasteiger partial charge in [-0.15, -0.1) is 0 Å². The predicted molar refractivity (Wildman–Crippen MR) is 104 cm³/mol. The summed E-state index contributed by atoms with van der Waals surface area (Å²) in [6.45, 7) is 6.87. The Labute approximate surface area is 159 Å². The van der Waals surface area contributed by atoms with Gasteiger partial charge in [0, 0.05) is 18.7 Å². The Hall–Kier alpha value is -3.02. The van der Waals surface area contributed by atoms with Crippen molar-refractivity contribution in [3.05, 3.63) is 59.7 Å². The van der Waals surface area contributed by atoms with E-state index < -0.39 is 11.8 Å². The lowest BCUT2D eigenvalue weighted by Gasteiger charge is -2.14. The molecule has 0 aliphatic carbocycles. The third-order valence-electron chi connectivity index (χ3n) is 3.67. The zero-order valence-corrected chi connectivity index (χ0v) is 16.0. The van der Waals surface area contributed by atoms with Gasteiger partial charge in [-0.2, -0.15) is 0 Å². The molecule has 27 heavy (non-hydrogen) atoms. The molecule has 144 valence electrons. The molecule has 0 saturated carbocycles. The van der Waals surface area contributed by atoms with Gasteiger partial charge < -0.3 is 20.1 Å². The Kier molecular flexibility index (Phi) is 7.67. The highest BCUT2D eigenvalue weighted by Gasteiger charge is 2.14. The molecule has 6 heteroatoms. The number of nitrogens with one attached hydrogen (secondary N) is 2. The quantitative estimate of drug-likeness (QED) is 0.701. The molecule has 0 fully saturated rings. The maximum Gasteiger partial charge on any atom is 0.309 e. The van der Waals surface area contributed by atoms with Gasteiger partial charge in [0.1, 0.15) is 11.5 Å². The summed E-state index contributed by atoms with van der Waals surface area (Å²) < 4.78 is 11.1. The summed E-state index contributed by atoms with van der Waals surface area (Å²) >= 11 is 0. The second-order valence-electron chi connectivity index (χ2n) is 6.22. The van der Waals surface area contributed by atoms with Crippen LogP contribution < -0.4 is 20.1 Å². The van der Waals surface area contributed by atoms with E-state index in [1.807, 2.05) is 69.3 Å².